The highest BCUT2D eigenvalue weighted by Gasteiger charge is 2.22. The highest BCUT2D eigenvalue weighted by atomic mass is 35.5. The first-order chi connectivity index (χ1) is 12.7. The number of benzene rings is 2. The predicted octanol–water partition coefficient (Wildman–Crippen LogP) is 4.16. The minimum Gasteiger partial charge on any atom is -0.353 e. The van der Waals surface area contributed by atoms with Crippen LogP contribution in [0.2, 0.25) is 0 Å². The first-order valence-corrected chi connectivity index (χ1v) is 9.79. The van der Waals surface area contributed by atoms with E-state index in [9.17, 15) is 4.79 Å². The van der Waals surface area contributed by atoms with E-state index in [1.54, 1.807) is 0 Å². The summed E-state index contributed by atoms with van der Waals surface area (Å²) < 4.78 is 0. The number of hydrogen-bond donors (Lipinski definition) is 2. The summed E-state index contributed by atoms with van der Waals surface area (Å²) in [6.07, 6.45) is 4.51. The lowest BCUT2D eigenvalue weighted by Gasteiger charge is -2.29. The van der Waals surface area contributed by atoms with E-state index in [-0.39, 0.29) is 18.3 Å². The summed E-state index contributed by atoms with van der Waals surface area (Å²) in [5, 5.41) is 6.71. The molecule has 0 spiro atoms. The van der Waals surface area contributed by atoms with Crippen LogP contribution < -0.4 is 10.6 Å². The molecule has 0 aliphatic carbocycles. The molecule has 2 N–H and O–H groups in total. The van der Waals surface area contributed by atoms with Gasteiger partial charge in [0.05, 0.1) is 0 Å². The van der Waals surface area contributed by atoms with Crippen LogP contribution in [-0.2, 0) is 17.6 Å². The van der Waals surface area contributed by atoms with Crippen LogP contribution in [0.1, 0.15) is 37.3 Å². The van der Waals surface area contributed by atoms with E-state index in [4.69, 9.17) is 0 Å². The Bertz CT molecular complexity index is 636. The molecule has 3 rings (SSSR count). The van der Waals surface area contributed by atoms with Gasteiger partial charge in [0.1, 0.15) is 0 Å². The van der Waals surface area contributed by atoms with Crippen molar-refractivity contribution < 1.29 is 4.79 Å². The molecule has 1 amide bonds. The third kappa shape index (κ3) is 7.36. The molecule has 27 heavy (non-hydrogen) atoms. The van der Waals surface area contributed by atoms with Crippen molar-refractivity contribution in [1.29, 1.82) is 0 Å². The minimum atomic E-state index is 0. The Hall–Kier alpha value is -1.84. The Balaban J connectivity index is 0.00000261. The van der Waals surface area contributed by atoms with Gasteiger partial charge in [-0.15, -0.1) is 12.4 Å². The number of carbonyl (C=O) groups excluding carboxylic acids is 1. The molecule has 4 heteroatoms. The average Bonchev–Trinajstić information content (AvgIpc) is 2.63. The third-order valence-electron chi connectivity index (χ3n) is 5.20. The van der Waals surface area contributed by atoms with Crippen molar-refractivity contribution in [3.05, 3.63) is 71.8 Å². The molecule has 0 saturated carbocycles. The highest BCUT2D eigenvalue weighted by molar-refractivity contribution is 5.85. The standard InChI is InChI=1S/C23H30N2O.ClH/c1-18-14-22(12-13-24-18)25-23(26)17-21(15-19-8-4-2-5-9-19)16-20-10-6-3-7-11-20;/h2-11,18,21-22,24H,12-17H2,1H3,(H,25,26);1H. The predicted molar refractivity (Wildman–Crippen MR) is 114 cm³/mol. The van der Waals surface area contributed by atoms with Crippen molar-refractivity contribution in [1.82, 2.24) is 10.6 Å². The van der Waals surface area contributed by atoms with E-state index in [1.165, 1.54) is 11.1 Å². The summed E-state index contributed by atoms with van der Waals surface area (Å²) in [6.45, 7) is 3.18. The van der Waals surface area contributed by atoms with Crippen molar-refractivity contribution >= 4 is 18.3 Å². The van der Waals surface area contributed by atoms with E-state index in [1.807, 2.05) is 12.1 Å². The van der Waals surface area contributed by atoms with Crippen LogP contribution in [0, 0.1) is 5.92 Å². The fourth-order valence-corrected chi connectivity index (χ4v) is 3.92. The number of halogens is 1. The zero-order valence-corrected chi connectivity index (χ0v) is 16.9. The molecule has 0 bridgehead atoms. The maximum atomic E-state index is 12.7. The van der Waals surface area contributed by atoms with Crippen molar-refractivity contribution in [2.75, 3.05) is 6.54 Å². The molecule has 2 unspecified atom stereocenters. The Morgan fingerprint density at radius 3 is 2.11 bits per heavy atom. The molecule has 1 saturated heterocycles. The summed E-state index contributed by atoms with van der Waals surface area (Å²) in [5.74, 6) is 0.514. The van der Waals surface area contributed by atoms with E-state index in [0.717, 1.165) is 32.2 Å². The summed E-state index contributed by atoms with van der Waals surface area (Å²) >= 11 is 0. The fraction of sp³-hybridized carbons (Fsp3) is 0.435. The highest BCUT2D eigenvalue weighted by Crippen LogP contribution is 2.19. The van der Waals surface area contributed by atoms with Crippen LogP contribution in [0.3, 0.4) is 0 Å². The number of carbonyl (C=O) groups is 1. The second kappa shape index (κ2) is 11.1. The number of piperidine rings is 1. The summed E-state index contributed by atoms with van der Waals surface area (Å²) in [7, 11) is 0. The summed E-state index contributed by atoms with van der Waals surface area (Å²) in [4.78, 5) is 12.7. The smallest absolute Gasteiger partial charge is 0.220 e. The second-order valence-corrected chi connectivity index (χ2v) is 7.59. The number of amides is 1. The van der Waals surface area contributed by atoms with Crippen LogP contribution in [0.4, 0.5) is 0 Å². The quantitative estimate of drug-likeness (QED) is 0.750. The van der Waals surface area contributed by atoms with Crippen LogP contribution >= 0.6 is 12.4 Å². The SMILES string of the molecule is CC1CC(NC(=O)CC(Cc2ccccc2)Cc2ccccc2)CCN1.Cl. The maximum absolute atomic E-state index is 12.7. The van der Waals surface area contributed by atoms with Gasteiger partial charge in [-0.1, -0.05) is 60.7 Å². The minimum absolute atomic E-state index is 0. The third-order valence-corrected chi connectivity index (χ3v) is 5.20. The van der Waals surface area contributed by atoms with Crippen LogP contribution in [-0.4, -0.2) is 24.5 Å². The summed E-state index contributed by atoms with van der Waals surface area (Å²) in [6, 6.07) is 21.8. The molecule has 1 aliphatic rings. The van der Waals surface area contributed by atoms with Crippen LogP contribution in [0.5, 0.6) is 0 Å². The van der Waals surface area contributed by atoms with Gasteiger partial charge in [0.15, 0.2) is 0 Å². The second-order valence-electron chi connectivity index (χ2n) is 7.59. The largest absolute Gasteiger partial charge is 0.353 e. The zero-order valence-electron chi connectivity index (χ0n) is 16.1. The van der Waals surface area contributed by atoms with E-state index in [0.29, 0.717) is 24.4 Å². The van der Waals surface area contributed by atoms with Gasteiger partial charge >= 0.3 is 0 Å². The Kier molecular flexibility index (Phi) is 8.83. The monoisotopic (exact) mass is 386 g/mol. The number of hydrogen-bond acceptors (Lipinski definition) is 2. The van der Waals surface area contributed by atoms with Crippen molar-refractivity contribution in [2.24, 2.45) is 5.92 Å². The van der Waals surface area contributed by atoms with Gasteiger partial charge in [-0.2, -0.15) is 0 Å². The van der Waals surface area contributed by atoms with Gasteiger partial charge in [-0.05, 0) is 56.2 Å². The number of nitrogens with one attached hydrogen (secondary N) is 2. The first-order valence-electron chi connectivity index (χ1n) is 9.79. The van der Waals surface area contributed by atoms with Gasteiger partial charge in [0.25, 0.3) is 0 Å². The zero-order chi connectivity index (χ0) is 18.2. The van der Waals surface area contributed by atoms with Crippen molar-refractivity contribution in [3.63, 3.8) is 0 Å². The maximum Gasteiger partial charge on any atom is 0.220 e. The molecule has 0 radical (unpaired) electrons. The molecule has 2 aromatic rings. The molecule has 0 aromatic heterocycles. The average molecular weight is 387 g/mol. The van der Waals surface area contributed by atoms with Gasteiger partial charge in [-0.3, -0.25) is 4.79 Å². The lowest BCUT2D eigenvalue weighted by Crippen LogP contribution is -2.46. The Labute approximate surface area is 169 Å². The molecule has 1 fully saturated rings. The topological polar surface area (TPSA) is 41.1 Å². The van der Waals surface area contributed by atoms with Crippen molar-refractivity contribution in [3.8, 4) is 0 Å². The normalized spacial score (nSPS) is 19.3. The number of rotatable bonds is 7. The van der Waals surface area contributed by atoms with Gasteiger partial charge in [-0.25, -0.2) is 0 Å². The van der Waals surface area contributed by atoms with E-state index >= 15 is 0 Å². The van der Waals surface area contributed by atoms with E-state index in [2.05, 4.69) is 66.1 Å². The lowest BCUT2D eigenvalue weighted by molar-refractivity contribution is -0.122. The summed E-state index contributed by atoms with van der Waals surface area (Å²) in [5.41, 5.74) is 2.61. The van der Waals surface area contributed by atoms with Crippen LogP contribution in [0.15, 0.2) is 60.7 Å². The fourth-order valence-electron chi connectivity index (χ4n) is 3.92. The molecule has 2 aromatic carbocycles. The van der Waals surface area contributed by atoms with Gasteiger partial charge in [0, 0.05) is 18.5 Å². The molecule has 146 valence electrons. The molecule has 2 atom stereocenters. The lowest BCUT2D eigenvalue weighted by atomic mass is 9.89. The molecule has 1 heterocycles. The molecular weight excluding hydrogens is 356 g/mol. The van der Waals surface area contributed by atoms with Crippen molar-refractivity contribution in [2.45, 2.75) is 51.1 Å². The van der Waals surface area contributed by atoms with Crippen LogP contribution in [0.25, 0.3) is 0 Å². The molecule has 1 aliphatic heterocycles. The molecular formula is C23H31ClN2O. The molecule has 3 nitrogen and oxygen atoms in total. The van der Waals surface area contributed by atoms with Gasteiger partial charge < -0.3 is 10.6 Å². The Morgan fingerprint density at radius 1 is 1.04 bits per heavy atom. The van der Waals surface area contributed by atoms with Gasteiger partial charge in [0.2, 0.25) is 5.91 Å². The first kappa shape index (κ1) is 21.5. The van der Waals surface area contributed by atoms with E-state index < -0.39 is 0 Å². The Morgan fingerprint density at radius 2 is 1.59 bits per heavy atom.